The Morgan fingerprint density at radius 3 is 2.70 bits per heavy atom. The zero-order valence-corrected chi connectivity index (χ0v) is 11.4. The molecular weight excluding hydrogens is 252 g/mol. The van der Waals surface area contributed by atoms with Gasteiger partial charge in [-0.15, -0.1) is 0 Å². The summed E-state index contributed by atoms with van der Waals surface area (Å²) in [5.74, 6) is 4.23. The predicted octanol–water partition coefficient (Wildman–Crippen LogP) is 1.77. The summed E-state index contributed by atoms with van der Waals surface area (Å²) >= 11 is 0. The molecule has 5 heteroatoms. The maximum Gasteiger partial charge on any atom is 0.229 e. The van der Waals surface area contributed by atoms with E-state index < -0.39 is 0 Å². The van der Waals surface area contributed by atoms with Gasteiger partial charge < -0.3 is 10.2 Å². The van der Waals surface area contributed by atoms with E-state index in [1.807, 2.05) is 0 Å². The summed E-state index contributed by atoms with van der Waals surface area (Å²) in [6.45, 7) is 2.26. The Balaban J connectivity index is 1.56. The van der Waals surface area contributed by atoms with Crippen LogP contribution in [0.5, 0.6) is 0 Å². The van der Waals surface area contributed by atoms with Crippen LogP contribution in [0.15, 0.2) is 6.33 Å². The number of hydrogen-bond donors (Lipinski definition) is 1. The lowest BCUT2D eigenvalue weighted by molar-refractivity contribution is -0.117. The van der Waals surface area contributed by atoms with Crippen LogP contribution in [0.25, 0.3) is 0 Å². The summed E-state index contributed by atoms with van der Waals surface area (Å²) in [5, 5.41) is 2.95. The Bertz CT molecular complexity index is 590. The lowest BCUT2D eigenvalue weighted by Crippen LogP contribution is -2.38. The number of aromatic nitrogens is 2. The van der Waals surface area contributed by atoms with Crippen LogP contribution < -0.4 is 10.2 Å². The minimum absolute atomic E-state index is 0.144. The topological polar surface area (TPSA) is 58.1 Å². The first kappa shape index (κ1) is 11.1. The molecule has 1 amide bonds. The summed E-state index contributed by atoms with van der Waals surface area (Å²) in [7, 11) is 0. The highest BCUT2D eigenvalue weighted by Crippen LogP contribution is 2.55. The molecular formula is C15H18N4O. The highest BCUT2D eigenvalue weighted by molar-refractivity contribution is 5.99. The molecule has 4 aliphatic rings. The van der Waals surface area contributed by atoms with E-state index >= 15 is 0 Å². The van der Waals surface area contributed by atoms with Crippen LogP contribution in [0.1, 0.15) is 37.2 Å². The van der Waals surface area contributed by atoms with Crippen LogP contribution in [0, 0.1) is 17.8 Å². The van der Waals surface area contributed by atoms with Crippen LogP contribution in [0.3, 0.4) is 0 Å². The van der Waals surface area contributed by atoms with E-state index in [0.29, 0.717) is 5.92 Å². The predicted molar refractivity (Wildman–Crippen MR) is 74.6 cm³/mol. The number of piperidine rings is 1. The van der Waals surface area contributed by atoms with Crippen LogP contribution >= 0.6 is 0 Å². The van der Waals surface area contributed by atoms with Crippen molar-refractivity contribution < 1.29 is 4.79 Å². The van der Waals surface area contributed by atoms with Crippen LogP contribution in [-0.4, -0.2) is 29.0 Å². The molecule has 4 unspecified atom stereocenters. The Morgan fingerprint density at radius 1 is 1.10 bits per heavy atom. The van der Waals surface area contributed by atoms with Gasteiger partial charge in [-0.05, 0) is 37.5 Å². The summed E-state index contributed by atoms with van der Waals surface area (Å²) in [5.41, 5.74) is 1.21. The van der Waals surface area contributed by atoms with Gasteiger partial charge >= 0.3 is 0 Å². The van der Waals surface area contributed by atoms with E-state index in [9.17, 15) is 4.79 Å². The Labute approximate surface area is 117 Å². The van der Waals surface area contributed by atoms with Crippen molar-refractivity contribution in [1.82, 2.24) is 9.97 Å². The van der Waals surface area contributed by atoms with Crippen molar-refractivity contribution in [3.05, 3.63) is 11.9 Å². The largest absolute Gasteiger partial charge is 0.356 e. The average molecular weight is 270 g/mol. The van der Waals surface area contributed by atoms with Gasteiger partial charge in [-0.3, -0.25) is 4.79 Å². The van der Waals surface area contributed by atoms with Crippen LogP contribution in [-0.2, 0) is 4.79 Å². The fourth-order valence-electron chi connectivity index (χ4n) is 4.47. The number of anilines is 2. The Kier molecular flexibility index (Phi) is 2.05. The third kappa shape index (κ3) is 1.46. The number of nitrogens with zero attached hydrogens (tertiary/aromatic N) is 3. The van der Waals surface area contributed by atoms with Gasteiger partial charge in [0, 0.05) is 30.5 Å². The van der Waals surface area contributed by atoms with Gasteiger partial charge in [0.05, 0.1) is 0 Å². The van der Waals surface area contributed by atoms with E-state index in [1.165, 1.54) is 24.8 Å². The third-order valence-electron chi connectivity index (χ3n) is 5.51. The molecule has 4 atom stereocenters. The van der Waals surface area contributed by atoms with Gasteiger partial charge in [0.2, 0.25) is 5.91 Å². The number of rotatable bonds is 1. The van der Waals surface area contributed by atoms with E-state index in [1.54, 1.807) is 6.33 Å². The number of carbonyl (C=O) groups excluding carboxylic acids is 1. The molecule has 2 aliphatic heterocycles. The Hall–Kier alpha value is -1.65. The molecule has 1 aromatic rings. The molecule has 104 valence electrons. The summed E-state index contributed by atoms with van der Waals surface area (Å²) in [4.78, 5) is 23.1. The second-order valence-corrected chi connectivity index (χ2v) is 6.85. The van der Waals surface area contributed by atoms with Gasteiger partial charge in [0.25, 0.3) is 0 Å². The molecule has 2 saturated carbocycles. The van der Waals surface area contributed by atoms with Gasteiger partial charge in [0.15, 0.2) is 0 Å². The van der Waals surface area contributed by atoms with Crippen molar-refractivity contribution in [1.29, 1.82) is 0 Å². The quantitative estimate of drug-likeness (QED) is 0.845. The molecule has 2 bridgehead atoms. The van der Waals surface area contributed by atoms with Crippen molar-refractivity contribution in [2.45, 2.75) is 31.6 Å². The minimum Gasteiger partial charge on any atom is -0.356 e. The summed E-state index contributed by atoms with van der Waals surface area (Å²) in [6, 6.07) is 0. The fourth-order valence-corrected chi connectivity index (χ4v) is 4.47. The summed E-state index contributed by atoms with van der Waals surface area (Å²) < 4.78 is 0. The molecule has 2 aliphatic carbocycles. The molecule has 3 fully saturated rings. The van der Waals surface area contributed by atoms with E-state index in [2.05, 4.69) is 20.2 Å². The number of fused-ring (bicyclic) bond motifs is 5. The number of nitrogens with one attached hydrogen (secondary N) is 1. The SMILES string of the molecule is O=C1Nc2ncnc(N3CC4CCC(C4)C3)c2C2CC12. The lowest BCUT2D eigenvalue weighted by Gasteiger charge is -2.34. The minimum atomic E-state index is 0.144. The molecule has 3 heterocycles. The first-order valence-corrected chi connectivity index (χ1v) is 7.70. The van der Waals surface area contributed by atoms with Crippen LogP contribution in [0.2, 0.25) is 0 Å². The van der Waals surface area contributed by atoms with Gasteiger partial charge in [-0.25, -0.2) is 9.97 Å². The molecule has 20 heavy (non-hydrogen) atoms. The van der Waals surface area contributed by atoms with Crippen LogP contribution in [0.4, 0.5) is 11.6 Å². The fraction of sp³-hybridized carbons (Fsp3) is 0.667. The monoisotopic (exact) mass is 270 g/mol. The summed E-state index contributed by atoms with van der Waals surface area (Å²) in [6.07, 6.45) is 6.72. The number of hydrogen-bond acceptors (Lipinski definition) is 4. The highest BCUT2D eigenvalue weighted by atomic mass is 16.2. The first-order chi connectivity index (χ1) is 9.79. The number of carbonyl (C=O) groups is 1. The smallest absolute Gasteiger partial charge is 0.229 e. The first-order valence-electron chi connectivity index (χ1n) is 7.70. The molecule has 0 radical (unpaired) electrons. The Morgan fingerprint density at radius 2 is 1.90 bits per heavy atom. The van der Waals surface area contributed by atoms with Crippen molar-refractivity contribution in [3.8, 4) is 0 Å². The zero-order chi connectivity index (χ0) is 13.3. The molecule has 5 nitrogen and oxygen atoms in total. The second-order valence-electron chi connectivity index (χ2n) is 6.85. The maximum atomic E-state index is 11.8. The zero-order valence-electron chi connectivity index (χ0n) is 11.4. The average Bonchev–Trinajstić information content (AvgIpc) is 3.19. The van der Waals surface area contributed by atoms with Crippen molar-refractivity contribution in [2.75, 3.05) is 23.3 Å². The van der Waals surface area contributed by atoms with E-state index in [-0.39, 0.29) is 11.8 Å². The third-order valence-corrected chi connectivity index (χ3v) is 5.51. The number of amides is 1. The molecule has 5 rings (SSSR count). The van der Waals surface area contributed by atoms with E-state index in [4.69, 9.17) is 0 Å². The molecule has 1 saturated heterocycles. The van der Waals surface area contributed by atoms with Gasteiger partial charge in [-0.1, -0.05) is 0 Å². The molecule has 0 aromatic carbocycles. The van der Waals surface area contributed by atoms with Gasteiger partial charge in [0.1, 0.15) is 18.0 Å². The van der Waals surface area contributed by atoms with Crippen molar-refractivity contribution in [2.24, 2.45) is 17.8 Å². The molecule has 1 N–H and O–H groups in total. The normalized spacial score (nSPS) is 37.2. The van der Waals surface area contributed by atoms with Gasteiger partial charge in [-0.2, -0.15) is 0 Å². The standard InChI is InChI=1S/C15H18N4O/c20-15-11-4-10(11)12-13(18-15)16-7-17-14(12)19-5-8-1-2-9(3-8)6-19/h7-11H,1-6H2,(H,16,17,18,20). The van der Waals surface area contributed by atoms with Crippen molar-refractivity contribution in [3.63, 3.8) is 0 Å². The van der Waals surface area contributed by atoms with E-state index in [0.717, 1.165) is 43.0 Å². The molecule has 0 spiro atoms. The maximum absolute atomic E-state index is 11.8. The lowest BCUT2D eigenvalue weighted by atomic mass is 9.97. The highest BCUT2D eigenvalue weighted by Gasteiger charge is 2.51. The van der Waals surface area contributed by atoms with Crippen molar-refractivity contribution >= 4 is 17.5 Å². The second kappa shape index (κ2) is 3.71. The molecule has 1 aromatic heterocycles.